The molecule has 0 heterocycles. The highest BCUT2D eigenvalue weighted by Crippen LogP contribution is 1.54. The molecule has 0 aliphatic carbocycles. The number of primary amides is 1. The second-order valence-electron chi connectivity index (χ2n) is 2.06. The lowest BCUT2D eigenvalue weighted by atomic mass is 10.6. The van der Waals surface area contributed by atoms with Crippen LogP contribution in [-0.2, 0) is 14.4 Å². The topological polar surface area (TPSA) is 97.5 Å². The molecule has 3 N–H and O–H groups in total. The molecule has 0 aromatic carbocycles. The zero-order chi connectivity index (χ0) is 12.1. The first-order chi connectivity index (χ1) is 6.27. The minimum atomic E-state index is -0.981. The van der Waals surface area contributed by atoms with E-state index >= 15 is 0 Å². The lowest BCUT2D eigenvalue weighted by Gasteiger charge is -1.65. The van der Waals surface area contributed by atoms with E-state index in [1.165, 1.54) is 13.8 Å². The third-order valence-electron chi connectivity index (χ3n) is 0.376. The Balaban J connectivity index is -0.000000131. The summed E-state index contributed by atoms with van der Waals surface area (Å²) in [5, 5.41) is 7.60. The fraction of sp³-hybridized carbons (Fsp3) is 0.222. The van der Waals surface area contributed by atoms with Crippen molar-refractivity contribution in [3.63, 3.8) is 0 Å². The Bertz CT molecular complexity index is 199. The second kappa shape index (κ2) is 13.7. The predicted octanol–water partition coefficient (Wildman–Crippen LogP) is 0.510. The fourth-order valence-electron chi connectivity index (χ4n) is 0. The molecule has 0 aromatic rings. The van der Waals surface area contributed by atoms with Gasteiger partial charge in [0, 0.05) is 6.08 Å². The summed E-state index contributed by atoms with van der Waals surface area (Å²) in [6.07, 6.45) is 1.89. The third-order valence-corrected chi connectivity index (χ3v) is 0.376. The van der Waals surface area contributed by atoms with Gasteiger partial charge in [-0.25, -0.2) is 4.79 Å². The predicted molar refractivity (Wildman–Crippen MR) is 53.6 cm³/mol. The molecule has 1 amide bonds. The lowest BCUT2D eigenvalue weighted by Crippen LogP contribution is -2.04. The summed E-state index contributed by atoms with van der Waals surface area (Å²) in [7, 11) is 0. The van der Waals surface area contributed by atoms with Gasteiger partial charge in [0.05, 0.1) is 0 Å². The van der Waals surface area contributed by atoms with Gasteiger partial charge >= 0.3 is 5.97 Å². The van der Waals surface area contributed by atoms with E-state index in [2.05, 4.69) is 18.9 Å². The summed E-state index contributed by atoms with van der Waals surface area (Å²) < 4.78 is 0. The van der Waals surface area contributed by atoms with Crippen molar-refractivity contribution in [3.05, 3.63) is 25.3 Å². The van der Waals surface area contributed by atoms with E-state index in [0.717, 1.165) is 12.2 Å². The summed E-state index contributed by atoms with van der Waals surface area (Å²) in [6, 6.07) is 0. The molecule has 0 aliphatic heterocycles. The second-order valence-corrected chi connectivity index (χ2v) is 2.06. The number of Topliss-reactive ketones (excluding diaryl/α,β-unsaturated/α-hetero) is 1. The van der Waals surface area contributed by atoms with Crippen LogP contribution in [0.3, 0.4) is 0 Å². The summed E-state index contributed by atoms with van der Waals surface area (Å²) in [5.74, 6) is -1.30. The molecular weight excluding hydrogens is 186 g/mol. The number of carboxylic acid groups (broad SMARTS) is 1. The van der Waals surface area contributed by atoms with E-state index in [-0.39, 0.29) is 5.78 Å². The van der Waals surface area contributed by atoms with Gasteiger partial charge in [-0.15, -0.1) is 0 Å². The molecule has 0 aromatic heterocycles. The molecule has 5 heteroatoms. The third kappa shape index (κ3) is 191. The van der Waals surface area contributed by atoms with Crippen molar-refractivity contribution in [1.29, 1.82) is 0 Å². The van der Waals surface area contributed by atoms with Gasteiger partial charge in [0.25, 0.3) is 0 Å². The SMILES string of the molecule is C=CC(=O)O.C=CC(N)=O.CC(C)=O. The van der Waals surface area contributed by atoms with Gasteiger partial charge in [0.1, 0.15) is 5.78 Å². The van der Waals surface area contributed by atoms with Gasteiger partial charge < -0.3 is 15.6 Å². The molecule has 0 saturated heterocycles. The summed E-state index contributed by atoms with van der Waals surface area (Å²) >= 11 is 0. The Morgan fingerprint density at radius 3 is 1.29 bits per heavy atom. The summed E-state index contributed by atoms with van der Waals surface area (Å²) in [4.78, 5) is 28.2. The number of hydrogen-bond acceptors (Lipinski definition) is 3. The van der Waals surface area contributed by atoms with E-state index < -0.39 is 11.9 Å². The van der Waals surface area contributed by atoms with Gasteiger partial charge in [0.2, 0.25) is 5.91 Å². The molecule has 0 bridgehead atoms. The van der Waals surface area contributed by atoms with Crippen LogP contribution >= 0.6 is 0 Å². The highest BCUT2D eigenvalue weighted by molar-refractivity contribution is 5.85. The van der Waals surface area contributed by atoms with E-state index in [4.69, 9.17) is 5.11 Å². The molecule has 5 nitrogen and oxygen atoms in total. The Labute approximate surface area is 82.9 Å². The Morgan fingerprint density at radius 2 is 1.29 bits per heavy atom. The maximum absolute atomic E-state index is 9.47. The first-order valence-electron chi connectivity index (χ1n) is 3.52. The van der Waals surface area contributed by atoms with Crippen molar-refractivity contribution in [1.82, 2.24) is 0 Å². The minimum Gasteiger partial charge on any atom is -0.478 e. The molecule has 0 radical (unpaired) electrons. The zero-order valence-corrected chi connectivity index (χ0v) is 8.32. The van der Waals surface area contributed by atoms with E-state index in [1.807, 2.05) is 0 Å². The monoisotopic (exact) mass is 201 g/mol. The van der Waals surface area contributed by atoms with Gasteiger partial charge in [-0.3, -0.25) is 4.79 Å². The number of amides is 1. The Kier molecular flexibility index (Phi) is 17.6. The number of carbonyl (C=O) groups is 3. The Morgan fingerprint density at radius 1 is 1.14 bits per heavy atom. The van der Waals surface area contributed by atoms with Gasteiger partial charge in [-0.1, -0.05) is 13.2 Å². The van der Waals surface area contributed by atoms with Crippen LogP contribution < -0.4 is 5.73 Å². The number of carbonyl (C=O) groups excluding carboxylic acids is 2. The normalized spacial score (nSPS) is 6.43. The van der Waals surface area contributed by atoms with Crippen LogP contribution in [0, 0.1) is 0 Å². The van der Waals surface area contributed by atoms with Crippen LogP contribution in [0.2, 0.25) is 0 Å². The molecule has 0 fully saturated rings. The van der Waals surface area contributed by atoms with Crippen LogP contribution in [0.5, 0.6) is 0 Å². The molecule has 0 rings (SSSR count). The van der Waals surface area contributed by atoms with E-state index in [9.17, 15) is 14.4 Å². The average Bonchev–Trinajstić information content (AvgIpc) is 2.04. The maximum Gasteiger partial charge on any atom is 0.327 e. The van der Waals surface area contributed by atoms with E-state index in [1.54, 1.807) is 0 Å². The first kappa shape index (κ1) is 18.0. The standard InChI is InChI=1S/C3H5NO.C3H4O2.C3H6O/c2*1-2-3(4)5;1-3(2)4/h2H,1H2,(H2,4,5);2H,1H2,(H,4,5);1-2H3. The van der Waals surface area contributed by atoms with Crippen LogP contribution in [0.15, 0.2) is 25.3 Å². The molecule has 0 unspecified atom stereocenters. The molecule has 0 aliphatic rings. The highest BCUT2D eigenvalue weighted by Gasteiger charge is 1.73. The number of rotatable bonds is 2. The number of hydrogen-bond donors (Lipinski definition) is 2. The zero-order valence-electron chi connectivity index (χ0n) is 8.32. The van der Waals surface area contributed by atoms with E-state index in [0.29, 0.717) is 0 Å². The van der Waals surface area contributed by atoms with Crippen LogP contribution in [-0.4, -0.2) is 22.8 Å². The van der Waals surface area contributed by atoms with Crippen molar-refractivity contribution in [3.8, 4) is 0 Å². The summed E-state index contributed by atoms with van der Waals surface area (Å²) in [6.45, 7) is 9.10. The van der Waals surface area contributed by atoms with Gasteiger partial charge in [-0.05, 0) is 19.9 Å². The minimum absolute atomic E-state index is 0.167. The molecular formula is C9H15NO4. The molecule has 0 spiro atoms. The number of ketones is 1. The lowest BCUT2D eigenvalue weighted by molar-refractivity contribution is -0.131. The molecule has 14 heavy (non-hydrogen) atoms. The molecule has 0 saturated carbocycles. The highest BCUT2D eigenvalue weighted by atomic mass is 16.4. The van der Waals surface area contributed by atoms with Crippen LogP contribution in [0.4, 0.5) is 0 Å². The van der Waals surface area contributed by atoms with Crippen molar-refractivity contribution in [2.24, 2.45) is 5.73 Å². The Hall–Kier alpha value is -1.91. The van der Waals surface area contributed by atoms with Crippen LogP contribution in [0.25, 0.3) is 0 Å². The van der Waals surface area contributed by atoms with Gasteiger partial charge in [-0.2, -0.15) is 0 Å². The number of aliphatic carboxylic acids is 1. The van der Waals surface area contributed by atoms with Crippen molar-refractivity contribution in [2.75, 3.05) is 0 Å². The number of nitrogens with two attached hydrogens (primary N) is 1. The quantitative estimate of drug-likeness (QED) is 0.636. The number of carboxylic acids is 1. The molecule has 80 valence electrons. The van der Waals surface area contributed by atoms with Crippen molar-refractivity contribution >= 4 is 17.7 Å². The summed E-state index contributed by atoms with van der Waals surface area (Å²) in [5.41, 5.74) is 4.53. The van der Waals surface area contributed by atoms with Crippen molar-refractivity contribution < 1.29 is 19.5 Å². The molecule has 0 atom stereocenters. The van der Waals surface area contributed by atoms with Gasteiger partial charge in [0.15, 0.2) is 0 Å². The maximum atomic E-state index is 9.47. The largest absolute Gasteiger partial charge is 0.478 e. The van der Waals surface area contributed by atoms with Crippen LogP contribution in [0.1, 0.15) is 13.8 Å². The smallest absolute Gasteiger partial charge is 0.327 e. The fourth-order valence-corrected chi connectivity index (χ4v) is 0. The van der Waals surface area contributed by atoms with Crippen molar-refractivity contribution in [2.45, 2.75) is 13.8 Å². The average molecular weight is 201 g/mol. The first-order valence-corrected chi connectivity index (χ1v) is 3.52.